The van der Waals surface area contributed by atoms with E-state index < -0.39 is 10.1 Å². The van der Waals surface area contributed by atoms with Gasteiger partial charge < -0.3 is 15.1 Å². The number of amides is 1. The van der Waals surface area contributed by atoms with Gasteiger partial charge in [-0.05, 0) is 129 Å². The van der Waals surface area contributed by atoms with Crippen LogP contribution in [0.4, 0.5) is 0 Å². The summed E-state index contributed by atoms with van der Waals surface area (Å²) in [7, 11) is -3.92. The highest BCUT2D eigenvalue weighted by Crippen LogP contribution is 2.68. The van der Waals surface area contributed by atoms with E-state index in [9.17, 15) is 23.4 Å². The lowest BCUT2D eigenvalue weighted by Gasteiger charge is -2.62. The van der Waals surface area contributed by atoms with Crippen molar-refractivity contribution in [3.05, 3.63) is 0 Å². The molecule has 5 aliphatic rings. The van der Waals surface area contributed by atoms with Gasteiger partial charge in [0, 0.05) is 19.5 Å². The number of hydrogen-bond acceptors (Lipinski definition) is 5. The van der Waals surface area contributed by atoms with Crippen molar-refractivity contribution in [2.45, 2.75) is 116 Å². The average molecular weight is 568 g/mol. The number of hydrogen-bond donors (Lipinski definition) is 3. The summed E-state index contributed by atoms with van der Waals surface area (Å²) in [5.41, 5.74) is 0.173. The summed E-state index contributed by atoms with van der Waals surface area (Å²) in [4.78, 5) is 15.0. The third kappa shape index (κ3) is 5.70. The van der Waals surface area contributed by atoms with E-state index in [1.54, 1.807) is 0 Å². The summed E-state index contributed by atoms with van der Waals surface area (Å²) in [5, 5.41) is 22.1. The highest BCUT2D eigenvalue weighted by Gasteiger charge is 2.63. The van der Waals surface area contributed by atoms with Crippen LogP contribution in [0.5, 0.6) is 0 Å². The molecule has 10 atom stereocenters. The minimum Gasteiger partial charge on any atom is -0.393 e. The lowest BCUT2D eigenvalue weighted by Crippen LogP contribution is -2.58. The lowest BCUT2D eigenvalue weighted by atomic mass is 9.43. The molecule has 224 valence electrons. The summed E-state index contributed by atoms with van der Waals surface area (Å²) in [6.07, 6.45) is 11.7. The number of likely N-dealkylation sites (tertiary alicyclic amines) is 1. The largest absolute Gasteiger partial charge is 0.393 e. The molecule has 0 unspecified atom stereocenters. The molecule has 0 aromatic rings. The van der Waals surface area contributed by atoms with Crippen LogP contribution in [-0.2, 0) is 14.9 Å². The van der Waals surface area contributed by atoms with E-state index in [1.807, 2.05) is 4.90 Å². The van der Waals surface area contributed by atoms with E-state index in [-0.39, 0.29) is 40.6 Å². The fourth-order valence-corrected chi connectivity index (χ4v) is 11.3. The van der Waals surface area contributed by atoms with Gasteiger partial charge in [0.2, 0.25) is 5.91 Å². The van der Waals surface area contributed by atoms with Gasteiger partial charge in [0.15, 0.2) is 0 Å². The fraction of sp³-hybridized carbons (Fsp3) is 0.968. The van der Waals surface area contributed by atoms with Crippen molar-refractivity contribution < 1.29 is 28.0 Å². The Hall–Kier alpha value is -0.700. The molecule has 8 heteroatoms. The van der Waals surface area contributed by atoms with Crippen molar-refractivity contribution in [1.82, 2.24) is 4.90 Å². The summed E-state index contributed by atoms with van der Waals surface area (Å²) in [6, 6.07) is 0. The van der Waals surface area contributed by atoms with Crippen LogP contribution in [0.25, 0.3) is 0 Å². The fourth-order valence-electron chi connectivity index (χ4n) is 10.7. The molecule has 39 heavy (non-hydrogen) atoms. The van der Waals surface area contributed by atoms with Gasteiger partial charge in [0.05, 0.1) is 18.0 Å². The Labute approximate surface area is 236 Å². The molecule has 5 fully saturated rings. The normalized spacial score (nSPS) is 43.8. The Morgan fingerprint density at radius 1 is 0.974 bits per heavy atom. The maximum atomic E-state index is 13.1. The number of carbonyl (C=O) groups is 1. The van der Waals surface area contributed by atoms with Crippen LogP contribution in [0.15, 0.2) is 0 Å². The highest BCUT2D eigenvalue weighted by molar-refractivity contribution is 7.85. The topological polar surface area (TPSA) is 115 Å². The lowest BCUT2D eigenvalue weighted by molar-refractivity contribution is -0.175. The third-order valence-corrected chi connectivity index (χ3v) is 13.8. The van der Waals surface area contributed by atoms with Crippen LogP contribution >= 0.6 is 0 Å². The van der Waals surface area contributed by atoms with Crippen molar-refractivity contribution in [2.75, 3.05) is 18.8 Å². The second-order valence-electron chi connectivity index (χ2n) is 14.8. The van der Waals surface area contributed by atoms with Gasteiger partial charge in [-0.25, -0.2) is 0 Å². The minimum atomic E-state index is -3.92. The van der Waals surface area contributed by atoms with Crippen LogP contribution < -0.4 is 0 Å². The molecule has 0 radical (unpaired) electrons. The van der Waals surface area contributed by atoms with Gasteiger partial charge in [-0.15, -0.1) is 0 Å². The predicted octanol–water partition coefficient (Wildman–Crippen LogP) is 4.91. The van der Waals surface area contributed by atoms with Crippen molar-refractivity contribution in [3.63, 3.8) is 0 Å². The standard InChI is InChI=1S/C31H53NO6S/c1-20(4-9-29(35)32-15-11-21(12-16-32)13-17-39(36,37)38)25-7-8-26-24-6-5-22-18-23(33)10-14-30(22,2)27(24)19-28(34)31(25,26)3/h20-28,33-34H,4-19H2,1-3H3,(H,36,37,38)/t20-,22-,23-,24+,25-,26+,27+,28+,30+,31-/m1/s1. The van der Waals surface area contributed by atoms with E-state index in [0.29, 0.717) is 61.4 Å². The van der Waals surface area contributed by atoms with E-state index in [2.05, 4.69) is 20.8 Å². The van der Waals surface area contributed by atoms with Gasteiger partial charge in [-0.3, -0.25) is 9.35 Å². The van der Waals surface area contributed by atoms with Crippen LogP contribution in [0, 0.1) is 52.3 Å². The first-order valence-corrected chi connectivity index (χ1v) is 17.5. The van der Waals surface area contributed by atoms with Gasteiger partial charge in [0.25, 0.3) is 10.1 Å². The first kappa shape index (κ1) is 29.8. The molecule has 1 saturated heterocycles. The number of fused-ring (bicyclic) bond motifs is 5. The molecular weight excluding hydrogens is 514 g/mol. The molecule has 1 aliphatic heterocycles. The predicted molar refractivity (Wildman–Crippen MR) is 151 cm³/mol. The van der Waals surface area contributed by atoms with Gasteiger partial charge in [0.1, 0.15) is 0 Å². The molecule has 0 aromatic heterocycles. The number of aliphatic hydroxyl groups is 2. The molecule has 1 amide bonds. The summed E-state index contributed by atoms with van der Waals surface area (Å²) < 4.78 is 31.1. The molecule has 4 aliphatic carbocycles. The molecule has 0 aromatic carbocycles. The van der Waals surface area contributed by atoms with Crippen LogP contribution in [0.3, 0.4) is 0 Å². The average Bonchev–Trinajstić information content (AvgIpc) is 3.25. The van der Waals surface area contributed by atoms with Crippen molar-refractivity contribution in [2.24, 2.45) is 52.3 Å². The zero-order chi connectivity index (χ0) is 28.2. The smallest absolute Gasteiger partial charge is 0.264 e. The van der Waals surface area contributed by atoms with Crippen molar-refractivity contribution in [3.8, 4) is 0 Å². The van der Waals surface area contributed by atoms with Crippen LogP contribution in [0.2, 0.25) is 0 Å². The SMILES string of the molecule is C[C@H](CCC(=O)N1CCC(CCS(=O)(=O)O)CC1)[C@H]1CC[C@H]2[C@@H]3CC[C@@H]4C[C@H](O)CC[C@]4(C)[C@H]3C[C@H](O)[C@]12C. The van der Waals surface area contributed by atoms with Gasteiger partial charge >= 0.3 is 0 Å². The molecule has 1 heterocycles. The Kier molecular flexibility index (Phi) is 8.54. The van der Waals surface area contributed by atoms with Gasteiger partial charge in [-0.1, -0.05) is 20.8 Å². The van der Waals surface area contributed by atoms with E-state index in [4.69, 9.17) is 4.55 Å². The molecule has 4 saturated carbocycles. The molecule has 0 spiro atoms. The Balaban J connectivity index is 1.16. The summed E-state index contributed by atoms with van der Waals surface area (Å²) in [6.45, 7) is 8.47. The van der Waals surface area contributed by atoms with Crippen LogP contribution in [-0.4, -0.2) is 65.0 Å². The third-order valence-electron chi connectivity index (χ3n) is 13.1. The van der Waals surface area contributed by atoms with Gasteiger partial charge in [-0.2, -0.15) is 8.42 Å². The number of piperidine rings is 1. The number of carbonyl (C=O) groups excluding carboxylic acids is 1. The Morgan fingerprint density at radius 2 is 1.69 bits per heavy atom. The maximum Gasteiger partial charge on any atom is 0.264 e. The van der Waals surface area contributed by atoms with E-state index >= 15 is 0 Å². The van der Waals surface area contributed by atoms with Crippen LogP contribution in [0.1, 0.15) is 104 Å². The summed E-state index contributed by atoms with van der Waals surface area (Å²) >= 11 is 0. The minimum absolute atomic E-state index is 0.0770. The first-order chi connectivity index (χ1) is 18.3. The number of aliphatic hydroxyl groups excluding tert-OH is 2. The quantitative estimate of drug-likeness (QED) is 0.377. The van der Waals surface area contributed by atoms with Crippen molar-refractivity contribution >= 4 is 16.0 Å². The highest BCUT2D eigenvalue weighted by atomic mass is 32.2. The Morgan fingerprint density at radius 3 is 2.38 bits per heavy atom. The zero-order valence-corrected chi connectivity index (χ0v) is 25.2. The van der Waals surface area contributed by atoms with E-state index in [1.165, 1.54) is 19.3 Å². The maximum absolute atomic E-state index is 13.1. The monoisotopic (exact) mass is 567 g/mol. The second kappa shape index (κ2) is 11.2. The zero-order valence-electron chi connectivity index (χ0n) is 24.4. The molecule has 3 N–H and O–H groups in total. The molecule has 0 bridgehead atoms. The Bertz CT molecular complexity index is 995. The summed E-state index contributed by atoms with van der Waals surface area (Å²) in [5.74, 6) is 3.47. The van der Waals surface area contributed by atoms with E-state index in [0.717, 1.165) is 51.4 Å². The molecule has 5 rings (SSSR count). The molecule has 7 nitrogen and oxygen atoms in total. The number of nitrogens with zero attached hydrogens (tertiary/aromatic N) is 1. The first-order valence-electron chi connectivity index (χ1n) is 15.9. The second-order valence-corrected chi connectivity index (χ2v) is 16.4. The number of rotatable bonds is 7. The molecular formula is C31H53NO6S. The van der Waals surface area contributed by atoms with Crippen molar-refractivity contribution in [1.29, 1.82) is 0 Å².